The molecule has 0 unspecified atom stereocenters. The fourth-order valence-corrected chi connectivity index (χ4v) is 2.56. The van der Waals surface area contributed by atoms with Crippen LogP contribution in [0.3, 0.4) is 0 Å². The van der Waals surface area contributed by atoms with E-state index in [0.29, 0.717) is 18.8 Å². The van der Waals surface area contributed by atoms with E-state index in [4.69, 9.17) is 4.74 Å². The summed E-state index contributed by atoms with van der Waals surface area (Å²) in [6, 6.07) is 5.15. The van der Waals surface area contributed by atoms with Crippen molar-refractivity contribution in [2.45, 2.75) is 20.3 Å². The fraction of sp³-hybridized carbons (Fsp3) is 0.333. The first-order valence-corrected chi connectivity index (χ1v) is 7.63. The van der Waals surface area contributed by atoms with Gasteiger partial charge in [-0.15, -0.1) is 0 Å². The molecule has 0 spiro atoms. The van der Waals surface area contributed by atoms with Crippen LogP contribution in [0.15, 0.2) is 28.4 Å². The predicted molar refractivity (Wildman–Crippen MR) is 83.8 cm³/mol. The van der Waals surface area contributed by atoms with E-state index >= 15 is 0 Å². The van der Waals surface area contributed by atoms with E-state index in [1.807, 2.05) is 32.0 Å². The summed E-state index contributed by atoms with van der Waals surface area (Å²) in [7, 11) is 0. The summed E-state index contributed by atoms with van der Waals surface area (Å²) in [6.07, 6.45) is 2.40. The molecule has 0 radical (unpaired) electrons. The number of halogens is 1. The van der Waals surface area contributed by atoms with E-state index in [-0.39, 0.29) is 11.9 Å². The fourth-order valence-electron chi connectivity index (χ4n) is 2.04. The lowest BCUT2D eigenvalue weighted by molar-refractivity contribution is -0.122. The van der Waals surface area contributed by atoms with Crippen LogP contribution in [-0.4, -0.2) is 30.0 Å². The monoisotopic (exact) mass is 352 g/mol. The summed E-state index contributed by atoms with van der Waals surface area (Å²) in [5, 5.41) is 2.60. The predicted octanol–water partition coefficient (Wildman–Crippen LogP) is 3.15. The third-order valence-corrected chi connectivity index (χ3v) is 3.60. The first-order valence-electron chi connectivity index (χ1n) is 6.83. The van der Waals surface area contributed by atoms with Crippen LogP contribution in [0.4, 0.5) is 4.79 Å². The van der Waals surface area contributed by atoms with E-state index in [1.165, 1.54) is 4.90 Å². The van der Waals surface area contributed by atoms with Crippen molar-refractivity contribution in [3.05, 3.63) is 33.9 Å². The summed E-state index contributed by atoms with van der Waals surface area (Å²) in [4.78, 5) is 25.0. The molecular weight excluding hydrogens is 336 g/mol. The average Bonchev–Trinajstić information content (AvgIpc) is 2.70. The molecule has 0 aliphatic carbocycles. The number of ether oxygens (including phenoxy) is 1. The molecule has 21 heavy (non-hydrogen) atoms. The molecule has 1 aliphatic rings. The third-order valence-electron chi connectivity index (χ3n) is 2.98. The van der Waals surface area contributed by atoms with E-state index < -0.39 is 0 Å². The highest BCUT2D eigenvalue weighted by Crippen LogP contribution is 2.27. The van der Waals surface area contributed by atoms with E-state index in [9.17, 15) is 9.59 Å². The first-order chi connectivity index (χ1) is 10.1. The molecule has 0 atom stereocenters. The van der Waals surface area contributed by atoms with Gasteiger partial charge in [0.05, 0.1) is 11.1 Å². The second kappa shape index (κ2) is 6.76. The minimum Gasteiger partial charge on any atom is -0.493 e. The molecule has 5 nitrogen and oxygen atoms in total. The summed E-state index contributed by atoms with van der Waals surface area (Å²) >= 11 is 3.42. The largest absolute Gasteiger partial charge is 0.493 e. The molecule has 1 heterocycles. The molecule has 1 fully saturated rings. The minimum absolute atomic E-state index is 0.285. The van der Waals surface area contributed by atoms with Gasteiger partial charge in [-0.25, -0.2) is 4.79 Å². The average molecular weight is 353 g/mol. The second-order valence-electron chi connectivity index (χ2n) is 4.57. The number of carbonyl (C=O) groups excluding carboxylic acids is 2. The third kappa shape index (κ3) is 3.44. The molecule has 2 rings (SSSR count). The van der Waals surface area contributed by atoms with Gasteiger partial charge in [-0.05, 0) is 53.0 Å². The molecule has 1 aromatic carbocycles. The van der Waals surface area contributed by atoms with Gasteiger partial charge in [0.15, 0.2) is 0 Å². The number of urea groups is 1. The van der Waals surface area contributed by atoms with Gasteiger partial charge in [0, 0.05) is 6.54 Å². The Morgan fingerprint density at radius 2 is 2.10 bits per heavy atom. The Bertz CT molecular complexity index is 599. The van der Waals surface area contributed by atoms with Crippen molar-refractivity contribution in [1.29, 1.82) is 0 Å². The number of nitrogens with one attached hydrogen (secondary N) is 1. The quantitative estimate of drug-likeness (QED) is 0.654. The zero-order chi connectivity index (χ0) is 15.4. The molecule has 0 bridgehead atoms. The van der Waals surface area contributed by atoms with E-state index in [1.54, 1.807) is 6.08 Å². The lowest BCUT2D eigenvalue weighted by Crippen LogP contribution is -2.31. The molecule has 3 amide bonds. The normalized spacial score (nSPS) is 16.5. The smallest absolute Gasteiger partial charge is 0.329 e. The van der Waals surface area contributed by atoms with E-state index in [2.05, 4.69) is 21.2 Å². The zero-order valence-corrected chi connectivity index (χ0v) is 13.6. The minimum atomic E-state index is -0.363. The molecular formula is C15H17BrN2O3. The SMILES string of the molecule is CCCN1C(=O)N/C(=C/c2ccc(OCC)c(Br)c2)C1=O. The van der Waals surface area contributed by atoms with Crippen LogP contribution in [0, 0.1) is 0 Å². The highest BCUT2D eigenvalue weighted by Gasteiger charge is 2.32. The summed E-state index contributed by atoms with van der Waals surface area (Å²) in [5.41, 5.74) is 1.11. The number of nitrogens with zero attached hydrogens (tertiary/aromatic N) is 1. The van der Waals surface area contributed by atoms with Gasteiger partial charge >= 0.3 is 6.03 Å². The van der Waals surface area contributed by atoms with Crippen LogP contribution >= 0.6 is 15.9 Å². The second-order valence-corrected chi connectivity index (χ2v) is 5.42. The first kappa shape index (κ1) is 15.6. The van der Waals surface area contributed by atoms with Crippen molar-refractivity contribution in [3.63, 3.8) is 0 Å². The summed E-state index contributed by atoms with van der Waals surface area (Å²) < 4.78 is 6.24. The number of hydrogen-bond donors (Lipinski definition) is 1. The summed E-state index contributed by atoms with van der Waals surface area (Å²) in [6.45, 7) is 4.84. The van der Waals surface area contributed by atoms with Crippen molar-refractivity contribution >= 4 is 33.9 Å². The van der Waals surface area contributed by atoms with Crippen molar-refractivity contribution in [2.24, 2.45) is 0 Å². The number of amides is 3. The lowest BCUT2D eigenvalue weighted by atomic mass is 10.2. The van der Waals surface area contributed by atoms with Crippen LogP contribution < -0.4 is 10.1 Å². The van der Waals surface area contributed by atoms with Gasteiger partial charge in [-0.1, -0.05) is 13.0 Å². The number of carbonyl (C=O) groups is 2. The molecule has 1 N–H and O–H groups in total. The molecule has 1 aliphatic heterocycles. The molecule has 0 saturated carbocycles. The Hall–Kier alpha value is -1.82. The number of benzene rings is 1. The molecule has 0 aromatic heterocycles. The van der Waals surface area contributed by atoms with Crippen LogP contribution in [0.1, 0.15) is 25.8 Å². The van der Waals surface area contributed by atoms with Crippen molar-refractivity contribution in [2.75, 3.05) is 13.2 Å². The number of hydrogen-bond acceptors (Lipinski definition) is 3. The molecule has 112 valence electrons. The van der Waals surface area contributed by atoms with Crippen LogP contribution in [0.25, 0.3) is 6.08 Å². The Kier molecular flexibility index (Phi) is 5.01. The maximum absolute atomic E-state index is 12.1. The van der Waals surface area contributed by atoms with Gasteiger partial charge in [-0.2, -0.15) is 0 Å². The standard InChI is InChI=1S/C15H17BrN2O3/c1-3-7-18-14(19)12(17-15(18)20)9-10-5-6-13(21-4-2)11(16)8-10/h5-6,8-9H,3-4,7H2,1-2H3,(H,17,20)/b12-9+. The van der Waals surface area contributed by atoms with Crippen molar-refractivity contribution in [3.8, 4) is 5.75 Å². The van der Waals surface area contributed by atoms with Crippen LogP contribution in [0.2, 0.25) is 0 Å². The molecule has 1 aromatic rings. The highest BCUT2D eigenvalue weighted by molar-refractivity contribution is 9.10. The highest BCUT2D eigenvalue weighted by atomic mass is 79.9. The van der Waals surface area contributed by atoms with Crippen LogP contribution in [-0.2, 0) is 4.79 Å². The van der Waals surface area contributed by atoms with Gasteiger partial charge in [0.2, 0.25) is 0 Å². The van der Waals surface area contributed by atoms with Crippen LogP contribution in [0.5, 0.6) is 5.75 Å². The number of rotatable bonds is 5. The van der Waals surface area contributed by atoms with Gasteiger partial charge in [0.25, 0.3) is 5.91 Å². The summed E-state index contributed by atoms with van der Waals surface area (Å²) in [5.74, 6) is 0.459. The van der Waals surface area contributed by atoms with Gasteiger partial charge in [0.1, 0.15) is 11.4 Å². The zero-order valence-electron chi connectivity index (χ0n) is 12.0. The van der Waals surface area contributed by atoms with Gasteiger partial charge < -0.3 is 10.1 Å². The topological polar surface area (TPSA) is 58.6 Å². The maximum atomic E-state index is 12.1. The van der Waals surface area contributed by atoms with Gasteiger partial charge in [-0.3, -0.25) is 9.69 Å². The molecule has 1 saturated heterocycles. The lowest BCUT2D eigenvalue weighted by Gasteiger charge is -2.08. The Morgan fingerprint density at radius 3 is 2.71 bits per heavy atom. The molecule has 6 heteroatoms. The Balaban J connectivity index is 2.22. The van der Waals surface area contributed by atoms with Crippen molar-refractivity contribution < 1.29 is 14.3 Å². The van der Waals surface area contributed by atoms with E-state index in [0.717, 1.165) is 22.2 Å². The number of imide groups is 1. The Labute approximate surface area is 132 Å². The van der Waals surface area contributed by atoms with Crippen molar-refractivity contribution in [1.82, 2.24) is 10.2 Å². The maximum Gasteiger partial charge on any atom is 0.329 e. The Morgan fingerprint density at radius 1 is 1.33 bits per heavy atom.